The molecule has 0 fully saturated rings. The van der Waals surface area contributed by atoms with Crippen LogP contribution in [0.4, 0.5) is 5.69 Å². The topological polar surface area (TPSA) is 49.3 Å². The van der Waals surface area contributed by atoms with Crippen LogP contribution < -0.4 is 5.32 Å². The second kappa shape index (κ2) is 5.78. The quantitative estimate of drug-likeness (QED) is 0.693. The Hall–Kier alpha value is -2.07. The van der Waals surface area contributed by atoms with Crippen LogP contribution in [0.25, 0.3) is 0 Å². The van der Waals surface area contributed by atoms with E-state index in [-0.39, 0.29) is 12.0 Å². The Balaban J connectivity index is 1.86. The first kappa shape index (κ1) is 15.5. The zero-order chi connectivity index (χ0) is 16.8. The summed E-state index contributed by atoms with van der Waals surface area (Å²) in [7, 11) is 0. The third-order valence-electron chi connectivity index (χ3n) is 5.19. The van der Waals surface area contributed by atoms with Crippen LogP contribution in [0.3, 0.4) is 0 Å². The van der Waals surface area contributed by atoms with Crippen LogP contribution >= 0.6 is 15.9 Å². The first-order valence-corrected chi connectivity index (χ1v) is 8.91. The molecule has 1 aliphatic carbocycles. The Kier molecular flexibility index (Phi) is 3.72. The van der Waals surface area contributed by atoms with Crippen molar-refractivity contribution in [1.82, 2.24) is 0 Å². The SMILES string of the molecule is Cc1ccc(C(=O)O)c2c1N[C@H](c1ccc(Br)cc1)[C@@H]1CC=C[C@@H]21. The normalized spacial score (nSPS) is 24.2. The Morgan fingerprint density at radius 1 is 1.21 bits per heavy atom. The van der Waals surface area contributed by atoms with Crippen molar-refractivity contribution in [2.24, 2.45) is 5.92 Å². The molecule has 3 atom stereocenters. The van der Waals surface area contributed by atoms with E-state index in [2.05, 4.69) is 57.7 Å². The largest absolute Gasteiger partial charge is 0.478 e. The first-order valence-electron chi connectivity index (χ1n) is 8.11. The van der Waals surface area contributed by atoms with E-state index in [1.165, 1.54) is 5.56 Å². The molecule has 2 aromatic carbocycles. The minimum Gasteiger partial charge on any atom is -0.478 e. The number of benzene rings is 2. The zero-order valence-corrected chi connectivity index (χ0v) is 14.9. The molecule has 2 aliphatic rings. The van der Waals surface area contributed by atoms with Crippen molar-refractivity contribution in [3.8, 4) is 0 Å². The number of rotatable bonds is 2. The van der Waals surface area contributed by atoms with E-state index in [0.717, 1.165) is 27.7 Å². The molecule has 0 aromatic heterocycles. The van der Waals surface area contributed by atoms with Gasteiger partial charge in [0.2, 0.25) is 0 Å². The molecule has 3 nitrogen and oxygen atoms in total. The van der Waals surface area contributed by atoms with Gasteiger partial charge in [-0.25, -0.2) is 4.79 Å². The Morgan fingerprint density at radius 2 is 1.96 bits per heavy atom. The third kappa shape index (κ3) is 2.37. The van der Waals surface area contributed by atoms with Gasteiger partial charge in [0.15, 0.2) is 0 Å². The van der Waals surface area contributed by atoms with Gasteiger partial charge in [-0.05, 0) is 54.2 Å². The summed E-state index contributed by atoms with van der Waals surface area (Å²) in [6.45, 7) is 2.04. The average Bonchev–Trinajstić information content (AvgIpc) is 3.05. The number of anilines is 1. The lowest BCUT2D eigenvalue weighted by Crippen LogP contribution is -2.31. The van der Waals surface area contributed by atoms with Crippen LogP contribution in [0.5, 0.6) is 0 Å². The molecule has 0 spiro atoms. The summed E-state index contributed by atoms with van der Waals surface area (Å²) < 4.78 is 1.06. The molecule has 2 aromatic rings. The number of carboxylic acid groups (broad SMARTS) is 1. The lowest BCUT2D eigenvalue weighted by molar-refractivity contribution is 0.0695. The summed E-state index contributed by atoms with van der Waals surface area (Å²) in [6.07, 6.45) is 5.33. The van der Waals surface area contributed by atoms with Crippen LogP contribution in [-0.4, -0.2) is 11.1 Å². The number of nitrogens with one attached hydrogen (secondary N) is 1. The Morgan fingerprint density at radius 3 is 2.67 bits per heavy atom. The molecule has 0 saturated heterocycles. The molecule has 0 saturated carbocycles. The van der Waals surface area contributed by atoms with Crippen LogP contribution in [-0.2, 0) is 0 Å². The molecule has 1 aliphatic heterocycles. The summed E-state index contributed by atoms with van der Waals surface area (Å²) in [5.41, 5.74) is 4.67. The fourth-order valence-electron chi connectivity index (χ4n) is 4.04. The van der Waals surface area contributed by atoms with E-state index in [4.69, 9.17) is 0 Å². The summed E-state index contributed by atoms with van der Waals surface area (Å²) >= 11 is 3.49. The van der Waals surface area contributed by atoms with Gasteiger partial charge in [0.25, 0.3) is 0 Å². The van der Waals surface area contributed by atoms with Crippen LogP contribution in [0.2, 0.25) is 0 Å². The van der Waals surface area contributed by atoms with Gasteiger partial charge in [0.05, 0.1) is 11.6 Å². The van der Waals surface area contributed by atoms with Crippen molar-refractivity contribution in [2.75, 3.05) is 5.32 Å². The second-order valence-corrected chi connectivity index (χ2v) is 7.47. The summed E-state index contributed by atoms with van der Waals surface area (Å²) in [6, 6.07) is 12.2. The van der Waals surface area contributed by atoms with Crippen LogP contribution in [0.15, 0.2) is 53.0 Å². The average molecular weight is 384 g/mol. The molecule has 4 heteroatoms. The molecule has 122 valence electrons. The predicted octanol–water partition coefficient (Wildman–Crippen LogP) is 5.28. The summed E-state index contributed by atoms with van der Waals surface area (Å²) in [5.74, 6) is -0.353. The number of hydrogen-bond acceptors (Lipinski definition) is 2. The molecule has 0 amide bonds. The number of hydrogen-bond donors (Lipinski definition) is 2. The van der Waals surface area contributed by atoms with Gasteiger partial charge in [-0.3, -0.25) is 0 Å². The second-order valence-electron chi connectivity index (χ2n) is 6.55. The van der Waals surface area contributed by atoms with Gasteiger partial charge < -0.3 is 10.4 Å². The molecule has 24 heavy (non-hydrogen) atoms. The molecule has 1 heterocycles. The number of fused-ring (bicyclic) bond motifs is 3. The number of aryl methyl sites for hydroxylation is 1. The van der Waals surface area contributed by atoms with Gasteiger partial charge in [-0.2, -0.15) is 0 Å². The van der Waals surface area contributed by atoms with Crippen molar-refractivity contribution >= 4 is 27.6 Å². The molecule has 0 unspecified atom stereocenters. The Labute approximate surface area is 149 Å². The van der Waals surface area contributed by atoms with Crippen molar-refractivity contribution in [2.45, 2.75) is 25.3 Å². The molecule has 4 rings (SSSR count). The molecule has 2 N–H and O–H groups in total. The highest BCUT2D eigenvalue weighted by Gasteiger charge is 2.40. The number of halogens is 1. The highest BCUT2D eigenvalue weighted by Crippen LogP contribution is 2.51. The van der Waals surface area contributed by atoms with Crippen LogP contribution in [0, 0.1) is 12.8 Å². The maximum absolute atomic E-state index is 11.7. The number of carboxylic acids is 1. The van der Waals surface area contributed by atoms with Gasteiger partial charge in [0, 0.05) is 16.1 Å². The highest BCUT2D eigenvalue weighted by molar-refractivity contribution is 9.10. The maximum atomic E-state index is 11.7. The third-order valence-corrected chi connectivity index (χ3v) is 5.72. The summed E-state index contributed by atoms with van der Waals surface area (Å²) in [4.78, 5) is 11.7. The van der Waals surface area contributed by atoms with E-state index in [0.29, 0.717) is 11.5 Å². The van der Waals surface area contributed by atoms with Gasteiger partial charge >= 0.3 is 5.97 Å². The zero-order valence-electron chi connectivity index (χ0n) is 13.3. The minimum atomic E-state index is -0.853. The van der Waals surface area contributed by atoms with E-state index >= 15 is 0 Å². The van der Waals surface area contributed by atoms with Crippen molar-refractivity contribution in [3.05, 3.63) is 75.3 Å². The molecular formula is C20H18BrNO2. The van der Waals surface area contributed by atoms with Gasteiger partial charge in [-0.15, -0.1) is 0 Å². The lowest BCUT2D eigenvalue weighted by atomic mass is 9.75. The van der Waals surface area contributed by atoms with Gasteiger partial charge in [0.1, 0.15) is 0 Å². The van der Waals surface area contributed by atoms with Crippen molar-refractivity contribution < 1.29 is 9.90 Å². The minimum absolute atomic E-state index is 0.154. The van der Waals surface area contributed by atoms with Crippen LogP contribution in [0.1, 0.15) is 45.4 Å². The Bertz CT molecular complexity index is 841. The van der Waals surface area contributed by atoms with E-state index in [9.17, 15) is 9.90 Å². The molecular weight excluding hydrogens is 366 g/mol. The van der Waals surface area contributed by atoms with E-state index in [1.807, 2.05) is 13.0 Å². The van der Waals surface area contributed by atoms with Crippen molar-refractivity contribution in [1.29, 1.82) is 0 Å². The van der Waals surface area contributed by atoms with Gasteiger partial charge in [-0.1, -0.05) is 46.3 Å². The van der Waals surface area contributed by atoms with Crippen molar-refractivity contribution in [3.63, 3.8) is 0 Å². The monoisotopic (exact) mass is 383 g/mol. The maximum Gasteiger partial charge on any atom is 0.336 e. The number of carbonyl (C=O) groups is 1. The predicted molar refractivity (Wildman–Crippen MR) is 98.6 cm³/mol. The standard InChI is InChI=1S/C20H18BrNO2/c1-11-5-10-16(20(23)24)17-14-3-2-4-15(14)19(22-18(11)17)12-6-8-13(21)9-7-12/h2-3,5-10,14-15,19,22H,4H2,1H3,(H,23,24)/t14-,15-,19-/m1/s1. The first-order chi connectivity index (χ1) is 11.6. The summed E-state index contributed by atoms with van der Waals surface area (Å²) in [5, 5.41) is 13.3. The number of aromatic carboxylic acids is 1. The highest BCUT2D eigenvalue weighted by atomic mass is 79.9. The smallest absolute Gasteiger partial charge is 0.336 e. The van der Waals surface area contributed by atoms with E-state index in [1.54, 1.807) is 6.07 Å². The fourth-order valence-corrected chi connectivity index (χ4v) is 4.31. The van der Waals surface area contributed by atoms with E-state index < -0.39 is 5.97 Å². The lowest BCUT2D eigenvalue weighted by Gasteiger charge is -2.39. The molecule has 0 bridgehead atoms. The fraction of sp³-hybridized carbons (Fsp3) is 0.250. The molecule has 0 radical (unpaired) electrons. The number of allylic oxidation sites excluding steroid dienone is 2.